The molecule has 0 amide bonds. The number of fused-ring (bicyclic) bond motifs is 1. The lowest BCUT2D eigenvalue weighted by Gasteiger charge is -2.17. The summed E-state index contributed by atoms with van der Waals surface area (Å²) in [4.78, 5) is 7.78. The van der Waals surface area contributed by atoms with Crippen molar-refractivity contribution in [2.75, 3.05) is 25.4 Å². The molecule has 1 aromatic heterocycles. The van der Waals surface area contributed by atoms with Crippen molar-refractivity contribution in [3.05, 3.63) is 35.5 Å². The summed E-state index contributed by atoms with van der Waals surface area (Å²) >= 11 is 7.81. The third-order valence-corrected chi connectivity index (χ3v) is 7.75. The summed E-state index contributed by atoms with van der Waals surface area (Å²) in [5.74, 6) is 0.909. The number of likely N-dealkylation sites (tertiary alicyclic amines) is 1. The third-order valence-electron chi connectivity index (χ3n) is 4.40. The maximum absolute atomic E-state index is 12.3. The molecular formula is C18H24ClN3O2S2. The Labute approximate surface area is 164 Å². The average molecular weight is 414 g/mol. The van der Waals surface area contributed by atoms with Crippen molar-refractivity contribution in [2.24, 2.45) is 0 Å². The number of halogens is 1. The second-order valence-corrected chi connectivity index (χ2v) is 10.4. The topological polar surface area (TPSA) is 62.3 Å². The highest BCUT2D eigenvalue weighted by atomic mass is 35.5. The van der Waals surface area contributed by atoms with Crippen molar-refractivity contribution in [3.63, 3.8) is 0 Å². The predicted molar refractivity (Wildman–Crippen MR) is 110 cm³/mol. The van der Waals surface area contributed by atoms with Gasteiger partial charge in [0, 0.05) is 46.4 Å². The molecule has 0 spiro atoms. The second-order valence-electron chi connectivity index (χ2n) is 6.85. The molecule has 3 rings (SSSR count). The van der Waals surface area contributed by atoms with E-state index in [1.807, 2.05) is 38.1 Å². The van der Waals surface area contributed by atoms with Crippen molar-refractivity contribution in [3.8, 4) is 0 Å². The highest BCUT2D eigenvalue weighted by Crippen LogP contribution is 2.28. The van der Waals surface area contributed by atoms with E-state index < -0.39 is 10.0 Å². The van der Waals surface area contributed by atoms with Crippen LogP contribution < -0.4 is 4.72 Å². The van der Waals surface area contributed by atoms with Gasteiger partial charge in [0.05, 0.1) is 10.8 Å². The van der Waals surface area contributed by atoms with Crippen molar-refractivity contribution in [1.29, 1.82) is 0 Å². The van der Waals surface area contributed by atoms with Crippen molar-refractivity contribution in [1.82, 2.24) is 14.6 Å². The predicted octanol–water partition coefficient (Wildman–Crippen LogP) is 3.38. The molecule has 0 bridgehead atoms. The Hall–Kier alpha value is -0.860. The summed E-state index contributed by atoms with van der Waals surface area (Å²) in [5, 5.41) is 1.48. The van der Waals surface area contributed by atoms with Gasteiger partial charge in [0.15, 0.2) is 0 Å². The molecule has 1 saturated heterocycles. The zero-order valence-electron chi connectivity index (χ0n) is 15.0. The minimum absolute atomic E-state index is 0.0573. The lowest BCUT2D eigenvalue weighted by atomic mass is 10.2. The molecule has 1 aliphatic rings. The zero-order chi connectivity index (χ0) is 18.7. The Bertz CT molecular complexity index is 874. The van der Waals surface area contributed by atoms with Crippen LogP contribution in [0.1, 0.15) is 20.3 Å². The number of pyridine rings is 1. The molecule has 1 N–H and O–H groups in total. The number of hydrogen-bond acceptors (Lipinski definition) is 5. The summed E-state index contributed by atoms with van der Waals surface area (Å²) in [7, 11) is -3.22. The largest absolute Gasteiger partial charge is 0.301 e. The monoisotopic (exact) mass is 413 g/mol. The SMILES string of the molecule is CC(C)NS(=O)(=O)C1CCN(CCSc2ccnc3cc(Cl)ccc23)C1. The van der Waals surface area contributed by atoms with Gasteiger partial charge in [-0.1, -0.05) is 17.7 Å². The van der Waals surface area contributed by atoms with Crippen LogP contribution in [0, 0.1) is 0 Å². The molecule has 0 radical (unpaired) electrons. The fourth-order valence-corrected chi connectivity index (χ4v) is 6.08. The summed E-state index contributed by atoms with van der Waals surface area (Å²) < 4.78 is 27.3. The van der Waals surface area contributed by atoms with Gasteiger partial charge < -0.3 is 4.90 Å². The van der Waals surface area contributed by atoms with Crippen LogP contribution in [0.15, 0.2) is 35.4 Å². The average Bonchev–Trinajstić information content (AvgIpc) is 3.03. The Morgan fingerprint density at radius 1 is 1.38 bits per heavy atom. The molecule has 1 atom stereocenters. The highest BCUT2D eigenvalue weighted by Gasteiger charge is 2.32. The van der Waals surface area contributed by atoms with E-state index in [4.69, 9.17) is 11.6 Å². The third kappa shape index (κ3) is 4.89. The lowest BCUT2D eigenvalue weighted by Crippen LogP contribution is -2.40. The zero-order valence-corrected chi connectivity index (χ0v) is 17.4. The van der Waals surface area contributed by atoms with Gasteiger partial charge in [-0.2, -0.15) is 0 Å². The van der Waals surface area contributed by atoms with E-state index in [0.717, 1.165) is 29.7 Å². The van der Waals surface area contributed by atoms with E-state index >= 15 is 0 Å². The van der Waals surface area contributed by atoms with E-state index in [1.54, 1.807) is 18.0 Å². The Balaban J connectivity index is 1.55. The minimum atomic E-state index is -3.22. The second kappa shape index (κ2) is 8.44. The molecule has 5 nitrogen and oxygen atoms in total. The van der Waals surface area contributed by atoms with Crippen LogP contribution in [-0.2, 0) is 10.0 Å². The number of sulfonamides is 1. The molecule has 1 aliphatic heterocycles. The number of thioether (sulfide) groups is 1. The lowest BCUT2D eigenvalue weighted by molar-refractivity contribution is 0.361. The van der Waals surface area contributed by atoms with Crippen LogP contribution in [0.25, 0.3) is 10.9 Å². The number of nitrogens with zero attached hydrogens (tertiary/aromatic N) is 2. The first kappa shape index (κ1) is 19.9. The number of aromatic nitrogens is 1. The molecule has 1 aromatic carbocycles. The summed E-state index contributed by atoms with van der Waals surface area (Å²) in [5.41, 5.74) is 0.898. The maximum atomic E-state index is 12.3. The van der Waals surface area contributed by atoms with E-state index in [-0.39, 0.29) is 11.3 Å². The molecule has 142 valence electrons. The Morgan fingerprint density at radius 3 is 2.96 bits per heavy atom. The summed E-state index contributed by atoms with van der Waals surface area (Å²) in [6.07, 6.45) is 2.50. The molecular weight excluding hydrogens is 390 g/mol. The smallest absolute Gasteiger partial charge is 0.216 e. The number of rotatable bonds is 7. The summed E-state index contributed by atoms with van der Waals surface area (Å²) in [6, 6.07) is 7.72. The quantitative estimate of drug-likeness (QED) is 0.705. The van der Waals surface area contributed by atoms with Gasteiger partial charge in [-0.05, 0) is 45.0 Å². The molecule has 0 aliphatic carbocycles. The van der Waals surface area contributed by atoms with Crippen LogP contribution in [0.5, 0.6) is 0 Å². The van der Waals surface area contributed by atoms with Gasteiger partial charge in [-0.15, -0.1) is 11.8 Å². The van der Waals surface area contributed by atoms with Crippen LogP contribution in [0.3, 0.4) is 0 Å². The van der Waals surface area contributed by atoms with Crippen LogP contribution in [-0.4, -0.2) is 55.0 Å². The Morgan fingerprint density at radius 2 is 2.19 bits per heavy atom. The van der Waals surface area contributed by atoms with Gasteiger partial charge in [-0.25, -0.2) is 13.1 Å². The van der Waals surface area contributed by atoms with Crippen LogP contribution in [0.4, 0.5) is 0 Å². The fraction of sp³-hybridized carbons (Fsp3) is 0.500. The number of nitrogens with one attached hydrogen (secondary N) is 1. The fourth-order valence-electron chi connectivity index (χ4n) is 3.18. The van der Waals surface area contributed by atoms with Crippen LogP contribution >= 0.6 is 23.4 Å². The highest BCUT2D eigenvalue weighted by molar-refractivity contribution is 7.99. The van der Waals surface area contributed by atoms with Gasteiger partial charge >= 0.3 is 0 Å². The summed E-state index contributed by atoms with van der Waals surface area (Å²) in [6.45, 7) is 6.02. The standard InChI is InChI=1S/C18H24ClN3O2S2/c1-13(2)21-26(23,24)15-6-8-22(12-15)9-10-25-18-5-7-20-17-11-14(19)3-4-16(17)18/h3-5,7,11,13,15,21H,6,8-10,12H2,1-2H3. The van der Waals surface area contributed by atoms with Crippen molar-refractivity contribution < 1.29 is 8.42 Å². The van der Waals surface area contributed by atoms with Crippen molar-refractivity contribution >= 4 is 44.3 Å². The first-order valence-corrected chi connectivity index (χ1v) is 11.7. The molecule has 2 heterocycles. The van der Waals surface area contributed by atoms with Gasteiger partial charge in [-0.3, -0.25) is 4.98 Å². The normalized spacial score (nSPS) is 18.8. The minimum Gasteiger partial charge on any atom is -0.301 e. The first-order chi connectivity index (χ1) is 12.3. The molecule has 1 fully saturated rings. The van der Waals surface area contributed by atoms with E-state index in [9.17, 15) is 8.42 Å². The van der Waals surface area contributed by atoms with Crippen LogP contribution in [0.2, 0.25) is 5.02 Å². The van der Waals surface area contributed by atoms with Gasteiger partial charge in [0.2, 0.25) is 10.0 Å². The molecule has 0 saturated carbocycles. The molecule has 8 heteroatoms. The van der Waals surface area contributed by atoms with E-state index in [0.29, 0.717) is 18.0 Å². The number of hydrogen-bond donors (Lipinski definition) is 1. The Kier molecular flexibility index (Phi) is 6.45. The van der Waals surface area contributed by atoms with Gasteiger partial charge in [0.1, 0.15) is 0 Å². The molecule has 2 aromatic rings. The number of benzene rings is 1. The maximum Gasteiger partial charge on any atom is 0.216 e. The first-order valence-electron chi connectivity index (χ1n) is 8.76. The van der Waals surface area contributed by atoms with E-state index in [2.05, 4.69) is 14.6 Å². The van der Waals surface area contributed by atoms with Crippen molar-refractivity contribution in [2.45, 2.75) is 36.5 Å². The van der Waals surface area contributed by atoms with E-state index in [1.165, 1.54) is 4.90 Å². The molecule has 26 heavy (non-hydrogen) atoms. The van der Waals surface area contributed by atoms with Gasteiger partial charge in [0.25, 0.3) is 0 Å². The molecule has 1 unspecified atom stereocenters.